The summed E-state index contributed by atoms with van der Waals surface area (Å²) in [7, 11) is 0. The standard InChI is InChI=1S/C14H11N3/c15-7-11-5-6-16-8-14(11)17-9-12-3-1-2-4-13(12)10-17/h1-6,8H,9-10H2. The molecule has 0 atom stereocenters. The second-order valence-electron chi connectivity index (χ2n) is 4.13. The normalized spacial score (nSPS) is 13.2. The number of nitriles is 1. The number of anilines is 1. The number of nitrogens with zero attached hydrogens (tertiary/aromatic N) is 3. The summed E-state index contributed by atoms with van der Waals surface area (Å²) in [5.41, 5.74) is 4.28. The largest absolute Gasteiger partial charge is 0.361 e. The van der Waals surface area contributed by atoms with Crippen molar-refractivity contribution in [3.63, 3.8) is 0 Å². The third-order valence-corrected chi connectivity index (χ3v) is 3.10. The van der Waals surface area contributed by atoms with E-state index in [1.54, 1.807) is 18.5 Å². The van der Waals surface area contributed by atoms with Crippen LogP contribution in [0.5, 0.6) is 0 Å². The third kappa shape index (κ3) is 1.64. The van der Waals surface area contributed by atoms with Crippen molar-refractivity contribution in [2.24, 2.45) is 0 Å². The summed E-state index contributed by atoms with van der Waals surface area (Å²) in [6, 6.07) is 12.4. The van der Waals surface area contributed by atoms with Gasteiger partial charge in [0.15, 0.2) is 0 Å². The van der Waals surface area contributed by atoms with E-state index in [0.717, 1.165) is 18.8 Å². The monoisotopic (exact) mass is 221 g/mol. The van der Waals surface area contributed by atoms with Crippen molar-refractivity contribution in [1.29, 1.82) is 5.26 Å². The van der Waals surface area contributed by atoms with Gasteiger partial charge in [0.2, 0.25) is 0 Å². The number of benzene rings is 1. The Morgan fingerprint density at radius 2 is 1.82 bits per heavy atom. The maximum absolute atomic E-state index is 9.09. The van der Waals surface area contributed by atoms with Crippen LogP contribution in [0.4, 0.5) is 5.69 Å². The van der Waals surface area contributed by atoms with Crippen LogP contribution in [0.1, 0.15) is 16.7 Å². The van der Waals surface area contributed by atoms with Crippen LogP contribution >= 0.6 is 0 Å². The predicted molar refractivity (Wildman–Crippen MR) is 65.3 cm³/mol. The fraction of sp³-hybridized carbons (Fsp3) is 0.143. The van der Waals surface area contributed by atoms with Crippen LogP contribution < -0.4 is 4.90 Å². The molecule has 82 valence electrons. The van der Waals surface area contributed by atoms with Crippen molar-refractivity contribution in [2.45, 2.75) is 13.1 Å². The summed E-state index contributed by atoms with van der Waals surface area (Å²) in [6.07, 6.45) is 3.43. The van der Waals surface area contributed by atoms with Crippen molar-refractivity contribution in [3.05, 3.63) is 59.4 Å². The van der Waals surface area contributed by atoms with E-state index in [9.17, 15) is 0 Å². The molecule has 0 N–H and O–H groups in total. The summed E-state index contributed by atoms with van der Waals surface area (Å²) in [5.74, 6) is 0. The summed E-state index contributed by atoms with van der Waals surface area (Å²) >= 11 is 0. The highest BCUT2D eigenvalue weighted by atomic mass is 15.2. The topological polar surface area (TPSA) is 39.9 Å². The SMILES string of the molecule is N#Cc1ccncc1N1Cc2ccccc2C1. The van der Waals surface area contributed by atoms with E-state index in [1.807, 2.05) is 0 Å². The highest BCUT2D eigenvalue weighted by Crippen LogP contribution is 2.29. The van der Waals surface area contributed by atoms with Crippen molar-refractivity contribution in [2.75, 3.05) is 4.90 Å². The summed E-state index contributed by atoms with van der Waals surface area (Å²) in [5, 5.41) is 9.09. The Morgan fingerprint density at radius 3 is 2.47 bits per heavy atom. The zero-order valence-corrected chi connectivity index (χ0v) is 9.30. The molecule has 0 amide bonds. The first-order valence-corrected chi connectivity index (χ1v) is 5.54. The molecule has 0 unspecified atom stereocenters. The quantitative estimate of drug-likeness (QED) is 0.742. The number of fused-ring (bicyclic) bond motifs is 1. The molecule has 2 aromatic rings. The minimum atomic E-state index is 0.688. The van der Waals surface area contributed by atoms with Gasteiger partial charge in [0.05, 0.1) is 17.4 Å². The molecule has 3 heteroatoms. The number of aromatic nitrogens is 1. The van der Waals surface area contributed by atoms with Crippen molar-refractivity contribution in [1.82, 2.24) is 4.98 Å². The van der Waals surface area contributed by atoms with Crippen LogP contribution in [0, 0.1) is 11.3 Å². The zero-order chi connectivity index (χ0) is 11.7. The maximum Gasteiger partial charge on any atom is 0.101 e. The van der Waals surface area contributed by atoms with Gasteiger partial charge in [-0.15, -0.1) is 0 Å². The van der Waals surface area contributed by atoms with E-state index < -0.39 is 0 Å². The number of rotatable bonds is 1. The lowest BCUT2D eigenvalue weighted by Crippen LogP contribution is -2.15. The second kappa shape index (κ2) is 3.91. The maximum atomic E-state index is 9.09. The van der Waals surface area contributed by atoms with Crippen molar-refractivity contribution < 1.29 is 0 Å². The lowest BCUT2D eigenvalue weighted by molar-refractivity contribution is 0.873. The molecule has 0 aliphatic carbocycles. The Balaban J connectivity index is 1.97. The third-order valence-electron chi connectivity index (χ3n) is 3.10. The number of pyridine rings is 1. The average molecular weight is 221 g/mol. The summed E-state index contributed by atoms with van der Waals surface area (Å²) in [6.45, 7) is 1.72. The molecule has 17 heavy (non-hydrogen) atoms. The molecule has 3 nitrogen and oxygen atoms in total. The van der Waals surface area contributed by atoms with Crippen LogP contribution in [0.15, 0.2) is 42.7 Å². The van der Waals surface area contributed by atoms with E-state index in [2.05, 4.69) is 40.2 Å². The second-order valence-corrected chi connectivity index (χ2v) is 4.13. The predicted octanol–water partition coefficient (Wildman–Crippen LogP) is 2.47. The lowest BCUT2D eigenvalue weighted by atomic mass is 10.1. The summed E-state index contributed by atoms with van der Waals surface area (Å²) < 4.78 is 0. The molecule has 0 saturated carbocycles. The molecule has 0 radical (unpaired) electrons. The lowest BCUT2D eigenvalue weighted by Gasteiger charge is -2.18. The first-order valence-electron chi connectivity index (χ1n) is 5.54. The Labute approximate surface area is 99.9 Å². The zero-order valence-electron chi connectivity index (χ0n) is 9.30. The van der Waals surface area contributed by atoms with Crippen molar-refractivity contribution in [3.8, 4) is 6.07 Å². The average Bonchev–Trinajstić information content (AvgIpc) is 2.82. The van der Waals surface area contributed by atoms with Gasteiger partial charge in [-0.3, -0.25) is 4.98 Å². The van der Waals surface area contributed by atoms with Crippen LogP contribution in [0.25, 0.3) is 0 Å². The minimum absolute atomic E-state index is 0.688. The molecule has 1 aliphatic heterocycles. The fourth-order valence-corrected chi connectivity index (χ4v) is 2.24. The Hall–Kier alpha value is -2.34. The van der Waals surface area contributed by atoms with Crippen LogP contribution in [0.3, 0.4) is 0 Å². The molecule has 0 bridgehead atoms. The van der Waals surface area contributed by atoms with Gasteiger partial charge in [-0.25, -0.2) is 0 Å². The highest BCUT2D eigenvalue weighted by molar-refractivity contribution is 5.60. The van der Waals surface area contributed by atoms with Gasteiger partial charge in [0, 0.05) is 19.3 Å². The van der Waals surface area contributed by atoms with Gasteiger partial charge in [-0.1, -0.05) is 24.3 Å². The smallest absolute Gasteiger partial charge is 0.101 e. The van der Waals surface area contributed by atoms with Crippen LogP contribution in [-0.4, -0.2) is 4.98 Å². The Kier molecular flexibility index (Phi) is 2.27. The molecule has 1 aromatic carbocycles. The minimum Gasteiger partial charge on any atom is -0.361 e. The van der Waals surface area contributed by atoms with Gasteiger partial charge < -0.3 is 4.90 Å². The molecule has 3 rings (SSSR count). The van der Waals surface area contributed by atoms with Crippen molar-refractivity contribution >= 4 is 5.69 Å². The Morgan fingerprint density at radius 1 is 1.12 bits per heavy atom. The molecule has 0 saturated heterocycles. The van der Waals surface area contributed by atoms with Crippen LogP contribution in [-0.2, 0) is 13.1 Å². The molecular weight excluding hydrogens is 210 g/mol. The van der Waals surface area contributed by atoms with Gasteiger partial charge in [-0.2, -0.15) is 5.26 Å². The highest BCUT2D eigenvalue weighted by Gasteiger charge is 2.20. The summed E-state index contributed by atoms with van der Waals surface area (Å²) in [4.78, 5) is 6.30. The number of hydrogen-bond acceptors (Lipinski definition) is 3. The van der Waals surface area contributed by atoms with E-state index in [1.165, 1.54) is 11.1 Å². The molecule has 0 fully saturated rings. The molecule has 2 heterocycles. The fourth-order valence-electron chi connectivity index (χ4n) is 2.24. The molecule has 1 aromatic heterocycles. The molecule has 0 spiro atoms. The van der Waals surface area contributed by atoms with E-state index in [-0.39, 0.29) is 0 Å². The molecular formula is C14H11N3. The van der Waals surface area contributed by atoms with E-state index >= 15 is 0 Å². The van der Waals surface area contributed by atoms with E-state index in [0.29, 0.717) is 5.56 Å². The van der Waals surface area contributed by atoms with Gasteiger partial charge >= 0.3 is 0 Å². The van der Waals surface area contributed by atoms with Gasteiger partial charge in [0.25, 0.3) is 0 Å². The first kappa shape index (κ1) is 9.86. The first-order chi connectivity index (χ1) is 8.38. The Bertz CT molecular complexity index is 573. The van der Waals surface area contributed by atoms with Gasteiger partial charge in [0.1, 0.15) is 6.07 Å². The van der Waals surface area contributed by atoms with Crippen LogP contribution in [0.2, 0.25) is 0 Å². The molecule has 1 aliphatic rings. The van der Waals surface area contributed by atoms with Gasteiger partial charge in [-0.05, 0) is 17.2 Å². The van der Waals surface area contributed by atoms with E-state index in [4.69, 9.17) is 5.26 Å². The number of hydrogen-bond donors (Lipinski definition) is 0.